The predicted octanol–water partition coefficient (Wildman–Crippen LogP) is 4.47. The van der Waals surface area contributed by atoms with Gasteiger partial charge < -0.3 is 9.72 Å². The van der Waals surface area contributed by atoms with Crippen LogP contribution >= 0.6 is 0 Å². The molecule has 1 N–H and O–H groups in total. The smallest absolute Gasteiger partial charge is 0.128 e. The number of hydrogen-bond donors (Lipinski definition) is 1. The number of rotatable bonds is 4. The Bertz CT molecular complexity index is 864. The molecule has 2 aromatic carbocycles. The number of aromatic amines is 1. The Morgan fingerprint density at radius 3 is 2.71 bits per heavy atom. The van der Waals surface area contributed by atoms with Crippen molar-refractivity contribution in [1.82, 2.24) is 9.88 Å². The van der Waals surface area contributed by atoms with Crippen LogP contribution in [0.5, 0.6) is 5.75 Å². The summed E-state index contributed by atoms with van der Waals surface area (Å²) in [5.74, 6) is 0.941. The molecule has 1 aliphatic heterocycles. The average molecular weight is 318 g/mol. The van der Waals surface area contributed by atoms with Crippen molar-refractivity contribution in [2.45, 2.75) is 13.0 Å². The molecule has 122 valence electrons. The van der Waals surface area contributed by atoms with Crippen molar-refractivity contribution in [3.05, 3.63) is 71.9 Å². The van der Waals surface area contributed by atoms with Crippen molar-refractivity contribution in [1.29, 1.82) is 0 Å². The molecule has 0 unspecified atom stereocenters. The molecule has 0 amide bonds. The van der Waals surface area contributed by atoms with Gasteiger partial charge in [-0.05, 0) is 29.7 Å². The maximum Gasteiger partial charge on any atom is 0.128 e. The molecule has 0 spiro atoms. The zero-order valence-electron chi connectivity index (χ0n) is 14.0. The largest absolute Gasteiger partial charge is 0.496 e. The van der Waals surface area contributed by atoms with Crippen LogP contribution in [0.3, 0.4) is 0 Å². The van der Waals surface area contributed by atoms with Crippen molar-refractivity contribution < 1.29 is 4.74 Å². The summed E-state index contributed by atoms with van der Waals surface area (Å²) in [5, 5.41) is 1.20. The molecule has 3 aromatic rings. The fourth-order valence-corrected chi connectivity index (χ4v) is 3.52. The highest BCUT2D eigenvalue weighted by molar-refractivity contribution is 5.97. The third-order valence-corrected chi connectivity index (χ3v) is 4.78. The number of benzene rings is 2. The van der Waals surface area contributed by atoms with Crippen LogP contribution in [0.2, 0.25) is 0 Å². The lowest BCUT2D eigenvalue weighted by molar-refractivity contribution is 0.294. The van der Waals surface area contributed by atoms with Gasteiger partial charge in [-0.3, -0.25) is 4.90 Å². The Hall–Kier alpha value is -2.52. The molecule has 0 radical (unpaired) electrons. The molecule has 3 heteroatoms. The number of hydrogen-bond acceptors (Lipinski definition) is 2. The van der Waals surface area contributed by atoms with E-state index in [4.69, 9.17) is 4.74 Å². The predicted molar refractivity (Wildman–Crippen MR) is 99.2 cm³/mol. The van der Waals surface area contributed by atoms with Gasteiger partial charge in [0.1, 0.15) is 5.75 Å². The molecule has 0 fully saturated rings. The Kier molecular flexibility index (Phi) is 4.09. The van der Waals surface area contributed by atoms with Gasteiger partial charge in [-0.15, -0.1) is 0 Å². The van der Waals surface area contributed by atoms with Crippen LogP contribution < -0.4 is 4.74 Å². The monoisotopic (exact) mass is 318 g/mol. The Labute approximate surface area is 142 Å². The van der Waals surface area contributed by atoms with E-state index >= 15 is 0 Å². The maximum absolute atomic E-state index is 5.56. The van der Waals surface area contributed by atoms with E-state index in [1.54, 1.807) is 7.11 Å². The zero-order valence-corrected chi connectivity index (χ0v) is 14.0. The lowest BCUT2D eigenvalue weighted by atomic mass is 9.98. The average Bonchev–Trinajstić information content (AvgIpc) is 3.07. The van der Waals surface area contributed by atoms with E-state index in [0.717, 1.165) is 37.3 Å². The van der Waals surface area contributed by atoms with Gasteiger partial charge in [0.25, 0.3) is 0 Å². The molecule has 2 heterocycles. The van der Waals surface area contributed by atoms with Gasteiger partial charge in [0, 0.05) is 42.3 Å². The summed E-state index contributed by atoms with van der Waals surface area (Å²) in [6.07, 6.45) is 5.55. The summed E-state index contributed by atoms with van der Waals surface area (Å²) in [6.45, 7) is 3.09. The number of methoxy groups -OCH3 is 1. The number of nitrogens with one attached hydrogen (secondary N) is 1. The van der Waals surface area contributed by atoms with Crippen molar-refractivity contribution in [3.8, 4) is 5.75 Å². The second-order valence-corrected chi connectivity index (χ2v) is 6.29. The number of nitrogens with zero attached hydrogens (tertiary/aromatic N) is 1. The van der Waals surface area contributed by atoms with Crippen molar-refractivity contribution >= 4 is 16.5 Å². The molecule has 0 bridgehead atoms. The normalized spacial score (nSPS) is 15.5. The second-order valence-electron chi connectivity index (χ2n) is 6.29. The van der Waals surface area contributed by atoms with Crippen LogP contribution in [0.25, 0.3) is 16.5 Å². The fourth-order valence-electron chi connectivity index (χ4n) is 3.52. The Morgan fingerprint density at radius 1 is 1.08 bits per heavy atom. The Balaban J connectivity index is 1.56. The number of fused-ring (bicyclic) bond motifs is 1. The van der Waals surface area contributed by atoms with E-state index in [9.17, 15) is 0 Å². The van der Waals surface area contributed by atoms with Gasteiger partial charge in [-0.2, -0.15) is 0 Å². The molecule has 1 aromatic heterocycles. The number of ether oxygens (including phenoxy) is 1. The summed E-state index contributed by atoms with van der Waals surface area (Å²) in [7, 11) is 1.74. The van der Waals surface area contributed by atoms with E-state index in [0.29, 0.717) is 0 Å². The minimum Gasteiger partial charge on any atom is -0.496 e. The maximum atomic E-state index is 5.56. The first-order valence-corrected chi connectivity index (χ1v) is 8.45. The molecule has 24 heavy (non-hydrogen) atoms. The summed E-state index contributed by atoms with van der Waals surface area (Å²) >= 11 is 0. The topological polar surface area (TPSA) is 28.3 Å². The Morgan fingerprint density at radius 2 is 1.96 bits per heavy atom. The van der Waals surface area contributed by atoms with E-state index in [2.05, 4.69) is 58.6 Å². The van der Waals surface area contributed by atoms with Crippen LogP contribution in [-0.4, -0.2) is 30.1 Å². The molecule has 3 nitrogen and oxygen atoms in total. The lowest BCUT2D eigenvalue weighted by Gasteiger charge is -2.26. The van der Waals surface area contributed by atoms with E-state index in [-0.39, 0.29) is 0 Å². The molecule has 0 saturated carbocycles. The van der Waals surface area contributed by atoms with Gasteiger partial charge in [-0.1, -0.05) is 42.5 Å². The van der Waals surface area contributed by atoms with Crippen LogP contribution in [0.1, 0.15) is 17.5 Å². The third kappa shape index (κ3) is 2.83. The first-order chi connectivity index (χ1) is 11.8. The second kappa shape index (κ2) is 6.54. The molecule has 1 aliphatic rings. The van der Waals surface area contributed by atoms with Gasteiger partial charge in [-0.25, -0.2) is 0 Å². The standard InChI is InChI=1S/C21H22N2O/c1-24-20-9-5-8-19-21(20)18(14-22-19)17-10-12-23(13-11-17)15-16-6-3-2-4-7-16/h2-10,14,22H,11-13,15H2,1H3. The van der Waals surface area contributed by atoms with Crippen LogP contribution in [-0.2, 0) is 6.54 Å². The first-order valence-electron chi connectivity index (χ1n) is 8.45. The summed E-state index contributed by atoms with van der Waals surface area (Å²) in [6, 6.07) is 16.8. The van der Waals surface area contributed by atoms with Crippen LogP contribution in [0, 0.1) is 0 Å². The quantitative estimate of drug-likeness (QED) is 0.769. The van der Waals surface area contributed by atoms with E-state index < -0.39 is 0 Å². The highest BCUT2D eigenvalue weighted by Gasteiger charge is 2.17. The molecule has 4 rings (SSSR count). The minimum atomic E-state index is 0.941. The highest BCUT2D eigenvalue weighted by Crippen LogP contribution is 2.35. The molecule has 0 atom stereocenters. The fraction of sp³-hybridized carbons (Fsp3) is 0.238. The minimum absolute atomic E-state index is 0.941. The zero-order chi connectivity index (χ0) is 16.4. The van der Waals surface area contributed by atoms with Crippen molar-refractivity contribution in [3.63, 3.8) is 0 Å². The first kappa shape index (κ1) is 15.0. The number of aromatic nitrogens is 1. The molecular formula is C21H22N2O. The van der Waals surface area contributed by atoms with Gasteiger partial charge >= 0.3 is 0 Å². The van der Waals surface area contributed by atoms with Crippen LogP contribution in [0.15, 0.2) is 60.8 Å². The summed E-state index contributed by atoms with van der Waals surface area (Å²) in [5.41, 5.74) is 5.21. The summed E-state index contributed by atoms with van der Waals surface area (Å²) in [4.78, 5) is 5.87. The molecule has 0 aliphatic carbocycles. The lowest BCUT2D eigenvalue weighted by Crippen LogP contribution is -2.27. The highest BCUT2D eigenvalue weighted by atomic mass is 16.5. The summed E-state index contributed by atoms with van der Waals surface area (Å²) < 4.78 is 5.56. The van der Waals surface area contributed by atoms with Crippen molar-refractivity contribution in [2.24, 2.45) is 0 Å². The van der Waals surface area contributed by atoms with Gasteiger partial charge in [0.05, 0.1) is 7.11 Å². The van der Waals surface area contributed by atoms with E-state index in [1.165, 1.54) is 22.1 Å². The third-order valence-electron chi connectivity index (χ3n) is 4.78. The van der Waals surface area contributed by atoms with Crippen molar-refractivity contribution in [2.75, 3.05) is 20.2 Å². The van der Waals surface area contributed by atoms with E-state index in [1.807, 2.05) is 12.1 Å². The number of H-pyrrole nitrogens is 1. The van der Waals surface area contributed by atoms with Gasteiger partial charge in [0.2, 0.25) is 0 Å². The molecule has 0 saturated heterocycles. The van der Waals surface area contributed by atoms with Crippen LogP contribution in [0.4, 0.5) is 0 Å². The van der Waals surface area contributed by atoms with Gasteiger partial charge in [0.15, 0.2) is 0 Å². The SMILES string of the molecule is COc1cccc2[nH]cc(C3=CCN(Cc4ccccc4)CC3)c12. The molecular weight excluding hydrogens is 296 g/mol.